The third-order valence-electron chi connectivity index (χ3n) is 5.99. The van der Waals surface area contributed by atoms with Gasteiger partial charge in [-0.05, 0) is 36.2 Å². The second-order valence-electron chi connectivity index (χ2n) is 7.86. The van der Waals surface area contributed by atoms with Gasteiger partial charge in [-0.3, -0.25) is 9.79 Å². The minimum absolute atomic E-state index is 0. The molecule has 7 nitrogen and oxygen atoms in total. The molecule has 2 saturated heterocycles. The van der Waals surface area contributed by atoms with Gasteiger partial charge in [-0.15, -0.1) is 24.0 Å². The Morgan fingerprint density at radius 2 is 1.75 bits per heavy atom. The molecular weight excluding hydrogens is 517 g/mol. The van der Waals surface area contributed by atoms with Gasteiger partial charge >= 0.3 is 0 Å². The summed E-state index contributed by atoms with van der Waals surface area (Å²) in [7, 11) is 3.55. The first-order chi connectivity index (χ1) is 15.2. The number of anilines is 2. The SMILES string of the molecule is CN=C(NCc1ccc(N2CCCC2=O)cc1)N1CCN(c2ccccc2OC)CC1.I. The molecule has 0 aromatic heterocycles. The topological polar surface area (TPSA) is 60.4 Å². The van der Waals surface area contributed by atoms with Crippen LogP contribution in [0.25, 0.3) is 0 Å². The summed E-state index contributed by atoms with van der Waals surface area (Å²) >= 11 is 0. The van der Waals surface area contributed by atoms with E-state index in [0.29, 0.717) is 13.0 Å². The number of piperazine rings is 1. The monoisotopic (exact) mass is 549 g/mol. The molecule has 2 aliphatic heterocycles. The maximum Gasteiger partial charge on any atom is 0.227 e. The van der Waals surface area contributed by atoms with Crippen LogP contribution in [0.15, 0.2) is 53.5 Å². The molecule has 0 aliphatic carbocycles. The molecule has 0 saturated carbocycles. The zero-order valence-corrected chi connectivity index (χ0v) is 21.1. The molecule has 1 amide bonds. The molecule has 2 fully saturated rings. The van der Waals surface area contributed by atoms with E-state index in [9.17, 15) is 4.79 Å². The number of hydrogen-bond donors (Lipinski definition) is 1. The molecule has 0 unspecified atom stereocenters. The van der Waals surface area contributed by atoms with Crippen LogP contribution in [0.4, 0.5) is 11.4 Å². The molecule has 32 heavy (non-hydrogen) atoms. The van der Waals surface area contributed by atoms with Gasteiger partial charge in [0.25, 0.3) is 0 Å². The van der Waals surface area contributed by atoms with Crippen molar-refractivity contribution < 1.29 is 9.53 Å². The number of rotatable bonds is 5. The molecule has 2 aromatic rings. The van der Waals surface area contributed by atoms with Crippen molar-refractivity contribution in [2.45, 2.75) is 19.4 Å². The van der Waals surface area contributed by atoms with Crippen molar-refractivity contribution >= 4 is 47.2 Å². The summed E-state index contributed by atoms with van der Waals surface area (Å²) in [4.78, 5) is 22.9. The highest BCUT2D eigenvalue weighted by Gasteiger charge is 2.22. The largest absolute Gasteiger partial charge is 0.495 e. The van der Waals surface area contributed by atoms with E-state index >= 15 is 0 Å². The number of para-hydroxylation sites is 2. The highest BCUT2D eigenvalue weighted by atomic mass is 127. The Bertz CT molecular complexity index is 926. The molecule has 0 radical (unpaired) electrons. The summed E-state index contributed by atoms with van der Waals surface area (Å²) in [5.74, 6) is 2.05. The Kier molecular flexibility index (Phi) is 8.60. The number of aliphatic imine (C=N–C) groups is 1. The number of carbonyl (C=O) groups is 1. The summed E-state index contributed by atoms with van der Waals surface area (Å²) in [5.41, 5.74) is 3.30. The van der Waals surface area contributed by atoms with Gasteiger partial charge in [0.1, 0.15) is 5.75 Å². The predicted molar refractivity (Wildman–Crippen MR) is 140 cm³/mol. The van der Waals surface area contributed by atoms with Crippen LogP contribution in [0.2, 0.25) is 0 Å². The normalized spacial score (nSPS) is 16.8. The average molecular weight is 549 g/mol. The van der Waals surface area contributed by atoms with Gasteiger partial charge in [-0.2, -0.15) is 0 Å². The van der Waals surface area contributed by atoms with E-state index in [1.807, 2.05) is 36.2 Å². The predicted octanol–water partition coefficient (Wildman–Crippen LogP) is 3.34. The summed E-state index contributed by atoms with van der Waals surface area (Å²) in [6, 6.07) is 16.4. The fourth-order valence-electron chi connectivity index (χ4n) is 4.28. The number of nitrogens with one attached hydrogen (secondary N) is 1. The quantitative estimate of drug-likeness (QED) is 0.353. The highest BCUT2D eigenvalue weighted by molar-refractivity contribution is 14.0. The zero-order chi connectivity index (χ0) is 21.6. The van der Waals surface area contributed by atoms with Crippen molar-refractivity contribution in [2.24, 2.45) is 4.99 Å². The number of guanidine groups is 1. The lowest BCUT2D eigenvalue weighted by atomic mass is 10.2. The lowest BCUT2D eigenvalue weighted by molar-refractivity contribution is -0.117. The lowest BCUT2D eigenvalue weighted by Crippen LogP contribution is -2.52. The Balaban J connectivity index is 0.00000289. The molecule has 1 N–H and O–H groups in total. The molecule has 0 bridgehead atoms. The van der Waals surface area contributed by atoms with Crippen molar-refractivity contribution in [1.82, 2.24) is 10.2 Å². The molecule has 2 aliphatic rings. The van der Waals surface area contributed by atoms with Crippen LogP contribution < -0.4 is 19.9 Å². The minimum atomic E-state index is 0. The third-order valence-corrected chi connectivity index (χ3v) is 5.99. The van der Waals surface area contributed by atoms with E-state index in [-0.39, 0.29) is 29.9 Å². The van der Waals surface area contributed by atoms with Crippen molar-refractivity contribution in [3.63, 3.8) is 0 Å². The van der Waals surface area contributed by atoms with E-state index in [2.05, 4.69) is 44.4 Å². The maximum atomic E-state index is 11.9. The van der Waals surface area contributed by atoms with Crippen molar-refractivity contribution in [3.8, 4) is 5.75 Å². The lowest BCUT2D eigenvalue weighted by Gasteiger charge is -2.38. The second-order valence-corrected chi connectivity index (χ2v) is 7.86. The molecule has 172 valence electrons. The van der Waals surface area contributed by atoms with Crippen LogP contribution in [0, 0.1) is 0 Å². The van der Waals surface area contributed by atoms with Crippen LogP contribution in [0.3, 0.4) is 0 Å². The maximum absolute atomic E-state index is 11.9. The molecule has 8 heteroatoms. The first-order valence-electron chi connectivity index (χ1n) is 10.9. The first kappa shape index (κ1) is 24.2. The number of ether oxygens (including phenoxy) is 1. The van der Waals surface area contributed by atoms with E-state index in [0.717, 1.165) is 62.2 Å². The molecule has 0 spiro atoms. The van der Waals surface area contributed by atoms with Crippen molar-refractivity contribution in [1.29, 1.82) is 0 Å². The number of methoxy groups -OCH3 is 1. The van der Waals surface area contributed by atoms with Gasteiger partial charge in [0.2, 0.25) is 5.91 Å². The molecule has 0 atom stereocenters. The van der Waals surface area contributed by atoms with Gasteiger partial charge in [-0.25, -0.2) is 0 Å². The fraction of sp³-hybridized carbons (Fsp3) is 0.417. The third kappa shape index (κ3) is 5.46. The van der Waals surface area contributed by atoms with E-state index < -0.39 is 0 Å². The van der Waals surface area contributed by atoms with Crippen LogP contribution in [-0.2, 0) is 11.3 Å². The van der Waals surface area contributed by atoms with Gasteiger partial charge < -0.3 is 24.8 Å². The Labute approximate surface area is 207 Å². The summed E-state index contributed by atoms with van der Waals surface area (Å²) in [6.45, 7) is 5.15. The second kappa shape index (κ2) is 11.4. The van der Waals surface area contributed by atoms with Gasteiger partial charge in [0, 0.05) is 58.4 Å². The minimum Gasteiger partial charge on any atom is -0.495 e. The summed E-state index contributed by atoms with van der Waals surface area (Å²) in [6.07, 6.45) is 1.60. The van der Waals surface area contributed by atoms with Crippen molar-refractivity contribution in [3.05, 3.63) is 54.1 Å². The van der Waals surface area contributed by atoms with E-state index in [4.69, 9.17) is 4.74 Å². The number of carbonyl (C=O) groups excluding carboxylic acids is 1. The van der Waals surface area contributed by atoms with Crippen LogP contribution >= 0.6 is 24.0 Å². The molecule has 4 rings (SSSR count). The number of halogens is 1. The van der Waals surface area contributed by atoms with E-state index in [1.165, 1.54) is 5.56 Å². The average Bonchev–Trinajstić information content (AvgIpc) is 3.26. The van der Waals surface area contributed by atoms with Crippen molar-refractivity contribution in [2.75, 3.05) is 56.7 Å². The standard InChI is InChI=1S/C24H31N5O2.HI/c1-25-24(26-18-19-9-11-20(12-10-19)29-13-5-8-23(29)30)28-16-14-27(15-17-28)21-6-3-4-7-22(21)31-2;/h3-4,6-7,9-12H,5,8,13-18H2,1-2H3,(H,25,26);1H. The van der Waals surface area contributed by atoms with Crippen LogP contribution in [0.1, 0.15) is 18.4 Å². The van der Waals surface area contributed by atoms with Crippen LogP contribution in [0.5, 0.6) is 5.75 Å². The Morgan fingerprint density at radius 1 is 1.03 bits per heavy atom. The molecule has 2 aromatic carbocycles. The number of nitrogens with zero attached hydrogens (tertiary/aromatic N) is 4. The van der Waals surface area contributed by atoms with Gasteiger partial charge in [-0.1, -0.05) is 24.3 Å². The number of amides is 1. The molecular formula is C24H32IN5O2. The van der Waals surface area contributed by atoms with Gasteiger partial charge in [0.05, 0.1) is 12.8 Å². The molecule has 2 heterocycles. The number of benzene rings is 2. The Hall–Kier alpha value is -2.49. The Morgan fingerprint density at radius 3 is 2.38 bits per heavy atom. The first-order valence-corrected chi connectivity index (χ1v) is 10.9. The fourth-order valence-corrected chi connectivity index (χ4v) is 4.28. The van der Waals surface area contributed by atoms with Crippen LogP contribution in [-0.4, -0.2) is 63.6 Å². The summed E-state index contributed by atoms with van der Waals surface area (Å²) in [5, 5.41) is 3.48. The smallest absolute Gasteiger partial charge is 0.227 e. The van der Waals surface area contributed by atoms with Gasteiger partial charge in [0.15, 0.2) is 5.96 Å². The van der Waals surface area contributed by atoms with E-state index in [1.54, 1.807) is 7.11 Å². The number of hydrogen-bond acceptors (Lipinski definition) is 4. The zero-order valence-electron chi connectivity index (χ0n) is 18.8. The summed E-state index contributed by atoms with van der Waals surface area (Å²) < 4.78 is 5.52. The highest BCUT2D eigenvalue weighted by Crippen LogP contribution is 2.28.